The summed E-state index contributed by atoms with van der Waals surface area (Å²) in [5.74, 6) is 0. The molecule has 0 unspecified atom stereocenters. The van der Waals surface area contributed by atoms with E-state index in [4.69, 9.17) is 0 Å². The summed E-state index contributed by atoms with van der Waals surface area (Å²) < 4.78 is 2.37. The summed E-state index contributed by atoms with van der Waals surface area (Å²) in [6.07, 6.45) is 6.79. The number of aryl methyl sites for hydroxylation is 1. The first-order chi connectivity index (χ1) is 12.9. The summed E-state index contributed by atoms with van der Waals surface area (Å²) in [6.45, 7) is 0. The number of aromatic amines is 1. The van der Waals surface area contributed by atoms with E-state index in [1.807, 2.05) is 0 Å². The molecule has 26 heavy (non-hydrogen) atoms. The second-order valence-electron chi connectivity index (χ2n) is 7.06. The molecule has 0 atom stereocenters. The van der Waals surface area contributed by atoms with Gasteiger partial charge in [-0.2, -0.15) is 0 Å². The summed E-state index contributed by atoms with van der Waals surface area (Å²) in [6, 6.07) is 24.0. The minimum Gasteiger partial charge on any atom is -0.358 e. The van der Waals surface area contributed by atoms with Crippen molar-refractivity contribution in [2.45, 2.75) is 12.8 Å². The highest BCUT2D eigenvalue weighted by Crippen LogP contribution is 2.37. The van der Waals surface area contributed by atoms with Gasteiger partial charge in [0.1, 0.15) is 0 Å². The van der Waals surface area contributed by atoms with Crippen molar-refractivity contribution in [1.29, 1.82) is 0 Å². The highest BCUT2D eigenvalue weighted by molar-refractivity contribution is 6.14. The number of H-pyrrole nitrogens is 1. The molecular formula is C24H18N2. The van der Waals surface area contributed by atoms with Crippen LogP contribution in [0.5, 0.6) is 0 Å². The van der Waals surface area contributed by atoms with Crippen LogP contribution < -0.4 is 0 Å². The Kier molecular flexibility index (Phi) is 2.75. The van der Waals surface area contributed by atoms with Crippen LogP contribution in [0.1, 0.15) is 17.7 Å². The summed E-state index contributed by atoms with van der Waals surface area (Å²) in [7, 11) is 0. The van der Waals surface area contributed by atoms with Crippen molar-refractivity contribution in [3.8, 4) is 5.69 Å². The van der Waals surface area contributed by atoms with Crippen molar-refractivity contribution in [3.63, 3.8) is 0 Å². The minimum absolute atomic E-state index is 1.10. The first-order valence-corrected chi connectivity index (χ1v) is 9.20. The Balaban J connectivity index is 1.80. The highest BCUT2D eigenvalue weighted by Gasteiger charge is 2.17. The normalized spacial score (nSPS) is 13.7. The van der Waals surface area contributed by atoms with E-state index in [-0.39, 0.29) is 0 Å². The molecule has 0 fully saturated rings. The van der Waals surface area contributed by atoms with E-state index in [1.54, 1.807) is 0 Å². The van der Waals surface area contributed by atoms with E-state index >= 15 is 0 Å². The van der Waals surface area contributed by atoms with Gasteiger partial charge in [0.05, 0.1) is 11.0 Å². The second kappa shape index (κ2) is 5.12. The van der Waals surface area contributed by atoms with Crippen molar-refractivity contribution in [2.75, 3.05) is 0 Å². The van der Waals surface area contributed by atoms with Gasteiger partial charge in [-0.15, -0.1) is 0 Å². The lowest BCUT2D eigenvalue weighted by molar-refractivity contribution is 0.951. The number of hydrogen-bond acceptors (Lipinski definition) is 0. The summed E-state index contributed by atoms with van der Waals surface area (Å²) in [5.41, 5.74) is 7.68. The zero-order valence-corrected chi connectivity index (χ0v) is 14.4. The zero-order valence-electron chi connectivity index (χ0n) is 14.4. The van der Waals surface area contributed by atoms with Gasteiger partial charge >= 0.3 is 0 Å². The van der Waals surface area contributed by atoms with Gasteiger partial charge in [-0.05, 0) is 43.2 Å². The third kappa shape index (κ3) is 1.81. The number of benzene rings is 3. The monoisotopic (exact) mass is 334 g/mol. The number of para-hydroxylation sites is 2. The third-order valence-electron chi connectivity index (χ3n) is 5.57. The molecule has 0 saturated heterocycles. The summed E-state index contributed by atoms with van der Waals surface area (Å²) in [4.78, 5) is 3.67. The Bertz CT molecular complexity index is 1320. The molecule has 0 bridgehead atoms. The molecule has 0 amide bonds. The molecule has 3 aromatic carbocycles. The third-order valence-corrected chi connectivity index (χ3v) is 5.57. The molecule has 0 spiro atoms. The smallest absolute Gasteiger partial charge is 0.0562 e. The van der Waals surface area contributed by atoms with Gasteiger partial charge in [0, 0.05) is 38.6 Å². The largest absolute Gasteiger partial charge is 0.358 e. The van der Waals surface area contributed by atoms with Gasteiger partial charge in [0.15, 0.2) is 0 Å². The average molecular weight is 334 g/mol. The summed E-state index contributed by atoms with van der Waals surface area (Å²) in [5, 5.41) is 3.96. The Labute approximate surface area is 151 Å². The van der Waals surface area contributed by atoms with Crippen LogP contribution in [0.4, 0.5) is 0 Å². The molecule has 0 radical (unpaired) electrons. The molecule has 1 N–H and O–H groups in total. The molecule has 2 aromatic heterocycles. The van der Waals surface area contributed by atoms with Gasteiger partial charge in [-0.25, -0.2) is 0 Å². The Morgan fingerprint density at radius 1 is 0.769 bits per heavy atom. The quantitative estimate of drug-likeness (QED) is 0.375. The lowest BCUT2D eigenvalue weighted by atomic mass is 10.0. The second-order valence-corrected chi connectivity index (χ2v) is 7.06. The van der Waals surface area contributed by atoms with E-state index in [0.29, 0.717) is 0 Å². The van der Waals surface area contributed by atoms with Crippen LogP contribution in [-0.4, -0.2) is 9.55 Å². The van der Waals surface area contributed by atoms with Gasteiger partial charge < -0.3 is 9.55 Å². The number of allylic oxidation sites excluding steroid dienone is 1. The standard InChI is InChI=1S/C24H18N2/c1-2-8-16(9-3-1)26-23-13-7-5-11-18(23)20-14-19-17-10-4-6-12-21(17)25-22(19)15-24(20)26/h1-5,7-11,13-15,25H,6,12H2. The number of aromatic nitrogens is 2. The van der Waals surface area contributed by atoms with E-state index in [0.717, 1.165) is 12.8 Å². The number of nitrogens with one attached hydrogen (secondary N) is 1. The van der Waals surface area contributed by atoms with Crippen LogP contribution in [0, 0.1) is 0 Å². The van der Waals surface area contributed by atoms with Crippen molar-refractivity contribution in [1.82, 2.24) is 9.55 Å². The van der Waals surface area contributed by atoms with Gasteiger partial charge in [-0.1, -0.05) is 48.6 Å². The lowest BCUT2D eigenvalue weighted by Crippen LogP contribution is -1.92. The molecule has 0 aliphatic heterocycles. The molecule has 1 aliphatic rings. The van der Waals surface area contributed by atoms with Crippen molar-refractivity contribution >= 4 is 38.8 Å². The Morgan fingerprint density at radius 3 is 2.54 bits per heavy atom. The maximum Gasteiger partial charge on any atom is 0.0562 e. The zero-order chi connectivity index (χ0) is 17.1. The Hall–Kier alpha value is -3.26. The first-order valence-electron chi connectivity index (χ1n) is 9.20. The Morgan fingerprint density at radius 2 is 1.62 bits per heavy atom. The lowest BCUT2D eigenvalue weighted by Gasteiger charge is -2.07. The predicted octanol–water partition coefficient (Wildman–Crippen LogP) is 6.22. The fourth-order valence-electron chi connectivity index (χ4n) is 4.41. The van der Waals surface area contributed by atoms with Gasteiger partial charge in [0.2, 0.25) is 0 Å². The van der Waals surface area contributed by atoms with E-state index in [2.05, 4.69) is 88.4 Å². The van der Waals surface area contributed by atoms with Crippen LogP contribution in [-0.2, 0) is 6.42 Å². The SMILES string of the molecule is C1=Cc2c([nH]c3cc4c(cc23)c2ccccc2n4-c2ccccc2)CC1. The predicted molar refractivity (Wildman–Crippen MR) is 110 cm³/mol. The fourth-order valence-corrected chi connectivity index (χ4v) is 4.41. The van der Waals surface area contributed by atoms with E-state index in [9.17, 15) is 0 Å². The molecule has 124 valence electrons. The maximum absolute atomic E-state index is 3.67. The van der Waals surface area contributed by atoms with Crippen molar-refractivity contribution in [2.24, 2.45) is 0 Å². The fraction of sp³-hybridized carbons (Fsp3) is 0.0833. The van der Waals surface area contributed by atoms with Crippen LogP contribution in [0.15, 0.2) is 72.8 Å². The van der Waals surface area contributed by atoms with E-state index < -0.39 is 0 Å². The van der Waals surface area contributed by atoms with Crippen LogP contribution in [0.2, 0.25) is 0 Å². The van der Waals surface area contributed by atoms with Crippen molar-refractivity contribution in [3.05, 3.63) is 84.1 Å². The number of fused-ring (bicyclic) bond motifs is 6. The van der Waals surface area contributed by atoms with Crippen molar-refractivity contribution < 1.29 is 0 Å². The number of nitrogens with zero attached hydrogens (tertiary/aromatic N) is 1. The average Bonchev–Trinajstić information content (AvgIpc) is 3.22. The molecule has 2 heteroatoms. The molecule has 5 aromatic rings. The van der Waals surface area contributed by atoms with Gasteiger partial charge in [0.25, 0.3) is 0 Å². The molecule has 6 rings (SSSR count). The van der Waals surface area contributed by atoms with Crippen LogP contribution in [0.25, 0.3) is 44.5 Å². The molecule has 2 nitrogen and oxygen atoms in total. The summed E-state index contributed by atoms with van der Waals surface area (Å²) >= 11 is 0. The number of hydrogen-bond donors (Lipinski definition) is 1. The van der Waals surface area contributed by atoms with Gasteiger partial charge in [-0.3, -0.25) is 0 Å². The molecule has 0 saturated carbocycles. The number of rotatable bonds is 1. The van der Waals surface area contributed by atoms with Crippen LogP contribution in [0.3, 0.4) is 0 Å². The molecular weight excluding hydrogens is 316 g/mol. The van der Waals surface area contributed by atoms with E-state index in [1.165, 1.54) is 49.7 Å². The highest BCUT2D eigenvalue weighted by atomic mass is 15.0. The van der Waals surface area contributed by atoms with Crippen LogP contribution >= 0.6 is 0 Å². The molecule has 2 heterocycles. The maximum atomic E-state index is 3.67. The first kappa shape index (κ1) is 14.0. The molecule has 1 aliphatic carbocycles. The topological polar surface area (TPSA) is 20.7 Å². The minimum atomic E-state index is 1.10.